The molecule has 5 heteroatoms. The molecule has 108 valence electrons. The molecule has 0 aliphatic carbocycles. The molecule has 0 bridgehead atoms. The van der Waals surface area contributed by atoms with Gasteiger partial charge in [-0.05, 0) is 42.3 Å². The van der Waals surface area contributed by atoms with Crippen molar-refractivity contribution in [2.75, 3.05) is 17.4 Å². The third kappa shape index (κ3) is 3.19. The maximum absolute atomic E-state index is 12.2. The smallest absolute Gasteiger partial charge is 0.255 e. The van der Waals surface area contributed by atoms with Crippen LogP contribution in [-0.4, -0.2) is 18.0 Å². The van der Waals surface area contributed by atoms with Gasteiger partial charge in [-0.3, -0.25) is 4.79 Å². The monoisotopic (exact) mass is 347 g/mol. The van der Waals surface area contributed by atoms with Gasteiger partial charge in [-0.25, -0.2) is 0 Å². The van der Waals surface area contributed by atoms with E-state index in [-0.39, 0.29) is 12.7 Å². The summed E-state index contributed by atoms with van der Waals surface area (Å²) in [5, 5.41) is 3.80. The Morgan fingerprint density at radius 3 is 2.62 bits per heavy atom. The summed E-state index contributed by atoms with van der Waals surface area (Å²) in [6.07, 6.45) is 0.969. The number of carbonyl (C=O) groups excluding carboxylic acids is 1. The van der Waals surface area contributed by atoms with Gasteiger partial charge in [0.15, 0.2) is 11.5 Å². The van der Waals surface area contributed by atoms with Gasteiger partial charge in [0.05, 0.1) is 0 Å². The lowest BCUT2D eigenvalue weighted by molar-refractivity contribution is 0.102. The number of rotatable bonds is 4. The molecule has 21 heavy (non-hydrogen) atoms. The number of anilines is 1. The van der Waals surface area contributed by atoms with Crippen molar-refractivity contribution in [2.24, 2.45) is 0 Å². The minimum atomic E-state index is -0.165. The first kappa shape index (κ1) is 13.9. The first-order chi connectivity index (χ1) is 10.3. The highest BCUT2D eigenvalue weighted by Crippen LogP contribution is 2.32. The maximum Gasteiger partial charge on any atom is 0.255 e. The Morgan fingerprint density at radius 1 is 1.10 bits per heavy atom. The van der Waals surface area contributed by atoms with E-state index in [1.165, 1.54) is 5.56 Å². The molecule has 1 amide bonds. The Labute approximate surface area is 131 Å². The summed E-state index contributed by atoms with van der Waals surface area (Å²) >= 11 is 3.41. The molecule has 0 fully saturated rings. The molecular weight excluding hydrogens is 334 g/mol. The maximum atomic E-state index is 12.2. The van der Waals surface area contributed by atoms with Crippen LogP contribution in [0.15, 0.2) is 42.5 Å². The van der Waals surface area contributed by atoms with Crippen LogP contribution >= 0.6 is 15.9 Å². The van der Waals surface area contributed by atoms with Gasteiger partial charge in [0, 0.05) is 16.6 Å². The van der Waals surface area contributed by atoms with Crippen molar-refractivity contribution in [2.45, 2.75) is 6.42 Å². The van der Waals surface area contributed by atoms with Gasteiger partial charge in [-0.2, -0.15) is 0 Å². The van der Waals surface area contributed by atoms with Crippen LogP contribution in [0.3, 0.4) is 0 Å². The molecule has 0 saturated heterocycles. The van der Waals surface area contributed by atoms with E-state index in [1.807, 2.05) is 24.3 Å². The summed E-state index contributed by atoms with van der Waals surface area (Å²) < 4.78 is 10.5. The van der Waals surface area contributed by atoms with Crippen molar-refractivity contribution in [3.8, 4) is 11.5 Å². The average molecular weight is 348 g/mol. The number of ether oxygens (including phenoxy) is 2. The van der Waals surface area contributed by atoms with Gasteiger partial charge in [-0.15, -0.1) is 0 Å². The lowest BCUT2D eigenvalue weighted by Gasteiger charge is -2.07. The minimum absolute atomic E-state index is 0.165. The third-order valence-corrected chi connectivity index (χ3v) is 3.63. The van der Waals surface area contributed by atoms with Crippen LogP contribution in [0.25, 0.3) is 0 Å². The predicted octanol–water partition coefficient (Wildman–Crippen LogP) is 3.61. The third-order valence-electron chi connectivity index (χ3n) is 3.23. The molecule has 3 rings (SSSR count). The van der Waals surface area contributed by atoms with E-state index in [9.17, 15) is 4.79 Å². The number of halogens is 1. The van der Waals surface area contributed by atoms with Crippen molar-refractivity contribution in [3.63, 3.8) is 0 Å². The van der Waals surface area contributed by atoms with Crippen molar-refractivity contribution in [3.05, 3.63) is 53.6 Å². The van der Waals surface area contributed by atoms with Crippen LogP contribution in [0.5, 0.6) is 11.5 Å². The zero-order chi connectivity index (χ0) is 14.7. The number of hydrogen-bond acceptors (Lipinski definition) is 3. The van der Waals surface area contributed by atoms with E-state index >= 15 is 0 Å². The number of nitrogens with one attached hydrogen (secondary N) is 1. The molecule has 1 aliphatic rings. The first-order valence-corrected chi connectivity index (χ1v) is 7.74. The van der Waals surface area contributed by atoms with Gasteiger partial charge in [0.1, 0.15) is 0 Å². The van der Waals surface area contributed by atoms with Gasteiger partial charge in [0.2, 0.25) is 6.79 Å². The molecule has 2 aromatic rings. The zero-order valence-electron chi connectivity index (χ0n) is 11.3. The van der Waals surface area contributed by atoms with Crippen molar-refractivity contribution in [1.82, 2.24) is 0 Å². The highest BCUT2D eigenvalue weighted by Gasteiger charge is 2.16. The molecule has 0 spiro atoms. The van der Waals surface area contributed by atoms with Crippen molar-refractivity contribution >= 4 is 27.5 Å². The Bertz CT molecular complexity index is 655. The van der Waals surface area contributed by atoms with E-state index < -0.39 is 0 Å². The Hall–Kier alpha value is -2.01. The number of alkyl halides is 1. The standard InChI is InChI=1S/C16H14BrNO3/c17-8-7-11-1-4-13(5-2-11)18-16(19)12-3-6-14-15(9-12)21-10-20-14/h1-6,9H,7-8,10H2,(H,18,19). The lowest BCUT2D eigenvalue weighted by Crippen LogP contribution is -2.11. The molecule has 1 aliphatic heterocycles. The summed E-state index contributed by atoms with van der Waals surface area (Å²) in [6.45, 7) is 0.204. The molecule has 2 aromatic carbocycles. The lowest BCUT2D eigenvalue weighted by atomic mass is 10.1. The number of aryl methyl sites for hydroxylation is 1. The second kappa shape index (κ2) is 6.18. The minimum Gasteiger partial charge on any atom is -0.454 e. The quantitative estimate of drug-likeness (QED) is 0.859. The van der Waals surface area contributed by atoms with Crippen LogP contribution in [-0.2, 0) is 6.42 Å². The number of carbonyl (C=O) groups is 1. The molecule has 1 heterocycles. The summed E-state index contributed by atoms with van der Waals surface area (Å²) in [5.74, 6) is 1.11. The van der Waals surface area contributed by atoms with Gasteiger partial charge >= 0.3 is 0 Å². The zero-order valence-corrected chi connectivity index (χ0v) is 12.9. The molecule has 0 radical (unpaired) electrons. The molecule has 4 nitrogen and oxygen atoms in total. The molecule has 1 N–H and O–H groups in total. The molecule has 0 aromatic heterocycles. The molecule has 0 atom stereocenters. The van der Waals surface area contributed by atoms with Gasteiger partial charge in [0.25, 0.3) is 5.91 Å². The fourth-order valence-electron chi connectivity index (χ4n) is 2.10. The first-order valence-electron chi connectivity index (χ1n) is 6.62. The SMILES string of the molecule is O=C(Nc1ccc(CCBr)cc1)c1ccc2c(c1)OCO2. The van der Waals surface area contributed by atoms with Crippen LogP contribution in [0, 0.1) is 0 Å². The van der Waals surface area contributed by atoms with E-state index in [4.69, 9.17) is 9.47 Å². The van der Waals surface area contributed by atoms with Crippen LogP contribution in [0.2, 0.25) is 0 Å². The fraction of sp³-hybridized carbons (Fsp3) is 0.188. The number of benzene rings is 2. The van der Waals surface area contributed by atoms with E-state index in [1.54, 1.807) is 18.2 Å². The van der Waals surface area contributed by atoms with Crippen molar-refractivity contribution in [1.29, 1.82) is 0 Å². The Morgan fingerprint density at radius 2 is 1.86 bits per heavy atom. The summed E-state index contributed by atoms with van der Waals surface area (Å²) in [6, 6.07) is 13.0. The van der Waals surface area contributed by atoms with E-state index in [0.29, 0.717) is 17.1 Å². The second-order valence-electron chi connectivity index (χ2n) is 4.66. The summed E-state index contributed by atoms with van der Waals surface area (Å²) in [7, 11) is 0. The Kier molecular flexibility index (Phi) is 4.10. The summed E-state index contributed by atoms with van der Waals surface area (Å²) in [5.41, 5.74) is 2.55. The van der Waals surface area contributed by atoms with Crippen LogP contribution in [0.1, 0.15) is 15.9 Å². The fourth-order valence-corrected chi connectivity index (χ4v) is 2.56. The molecule has 0 unspecified atom stereocenters. The number of amides is 1. The second-order valence-corrected chi connectivity index (χ2v) is 5.45. The molecule has 0 saturated carbocycles. The average Bonchev–Trinajstić information content (AvgIpc) is 2.97. The van der Waals surface area contributed by atoms with Crippen molar-refractivity contribution < 1.29 is 14.3 Å². The predicted molar refractivity (Wildman–Crippen MR) is 84.5 cm³/mol. The molecular formula is C16H14BrNO3. The summed E-state index contributed by atoms with van der Waals surface area (Å²) in [4.78, 5) is 12.2. The topological polar surface area (TPSA) is 47.6 Å². The normalized spacial score (nSPS) is 12.2. The van der Waals surface area contributed by atoms with Gasteiger partial charge < -0.3 is 14.8 Å². The van der Waals surface area contributed by atoms with Crippen LogP contribution < -0.4 is 14.8 Å². The highest BCUT2D eigenvalue weighted by molar-refractivity contribution is 9.09. The number of hydrogen-bond donors (Lipinski definition) is 1. The largest absolute Gasteiger partial charge is 0.454 e. The van der Waals surface area contributed by atoms with Gasteiger partial charge in [-0.1, -0.05) is 28.1 Å². The van der Waals surface area contributed by atoms with E-state index in [0.717, 1.165) is 17.4 Å². The number of fused-ring (bicyclic) bond motifs is 1. The van der Waals surface area contributed by atoms with E-state index in [2.05, 4.69) is 21.2 Å². The Balaban J connectivity index is 1.71. The highest BCUT2D eigenvalue weighted by atomic mass is 79.9. The van der Waals surface area contributed by atoms with Crippen LogP contribution in [0.4, 0.5) is 5.69 Å².